The average Bonchev–Trinajstić information content (AvgIpc) is 2.97. The number of nitrogens with zero attached hydrogens (tertiary/aromatic N) is 2. The Morgan fingerprint density at radius 2 is 1.74 bits per heavy atom. The van der Waals surface area contributed by atoms with Gasteiger partial charge in [0.15, 0.2) is 28.4 Å². The molecule has 2 N–H and O–H groups in total. The van der Waals surface area contributed by atoms with Crippen LogP contribution in [0.3, 0.4) is 0 Å². The highest BCUT2D eigenvalue weighted by molar-refractivity contribution is 7.80. The molecule has 1 amide bonds. The van der Waals surface area contributed by atoms with E-state index in [4.69, 9.17) is 23.8 Å². The van der Waals surface area contributed by atoms with Crippen molar-refractivity contribution in [1.29, 1.82) is 0 Å². The molecule has 0 saturated carbocycles. The van der Waals surface area contributed by atoms with Crippen LogP contribution in [0.25, 0.3) is 0 Å². The van der Waals surface area contributed by atoms with E-state index >= 15 is 0 Å². The van der Waals surface area contributed by atoms with Crippen molar-refractivity contribution in [2.75, 3.05) is 43.4 Å². The molecule has 1 heterocycles. The summed E-state index contributed by atoms with van der Waals surface area (Å²) in [5.74, 6) is -6.59. The molecule has 2 aromatic carbocycles. The molecule has 0 atom stereocenters. The van der Waals surface area contributed by atoms with Gasteiger partial charge in [-0.25, -0.2) is 17.6 Å². The summed E-state index contributed by atoms with van der Waals surface area (Å²) in [5, 5.41) is 5.49. The fourth-order valence-corrected chi connectivity index (χ4v) is 3.62. The maximum absolute atomic E-state index is 13.9. The van der Waals surface area contributed by atoms with Crippen LogP contribution in [0.15, 0.2) is 30.3 Å². The lowest BCUT2D eigenvalue weighted by atomic mass is 10.2. The molecule has 1 saturated heterocycles. The van der Waals surface area contributed by atoms with E-state index < -0.39 is 29.0 Å². The van der Waals surface area contributed by atoms with Crippen molar-refractivity contribution in [1.82, 2.24) is 9.80 Å². The number of amides is 1. The Morgan fingerprint density at radius 1 is 1.00 bits per heavy atom. The van der Waals surface area contributed by atoms with Gasteiger partial charge < -0.3 is 15.5 Å². The first-order valence-electron chi connectivity index (χ1n) is 9.42. The van der Waals surface area contributed by atoms with Gasteiger partial charge in [0.2, 0.25) is 5.91 Å². The molecule has 0 spiro atoms. The van der Waals surface area contributed by atoms with E-state index in [0.29, 0.717) is 43.3 Å². The zero-order chi connectivity index (χ0) is 22.5. The summed E-state index contributed by atoms with van der Waals surface area (Å²) in [4.78, 5) is 15.9. The second-order valence-electron chi connectivity index (χ2n) is 6.92. The first-order valence-corrected chi connectivity index (χ1v) is 10.2. The van der Waals surface area contributed by atoms with Crippen molar-refractivity contribution in [3.63, 3.8) is 0 Å². The second-order valence-corrected chi connectivity index (χ2v) is 7.71. The molecule has 31 heavy (non-hydrogen) atoms. The van der Waals surface area contributed by atoms with Gasteiger partial charge in [-0.05, 0) is 30.8 Å². The van der Waals surface area contributed by atoms with Crippen molar-refractivity contribution in [3.05, 3.63) is 58.6 Å². The van der Waals surface area contributed by atoms with Crippen LogP contribution in [0.5, 0.6) is 0 Å². The SMILES string of the molecule is O=C(CN1CCCN(C(=S)Nc2c(F)cc(F)c(F)c2F)CC1)Nc1ccccc1Cl. The Labute approximate surface area is 187 Å². The number of para-hydroxylation sites is 1. The molecule has 2 aromatic rings. The van der Waals surface area contributed by atoms with Gasteiger partial charge in [0.25, 0.3) is 0 Å². The number of hydrogen-bond donors (Lipinski definition) is 2. The van der Waals surface area contributed by atoms with Crippen LogP contribution in [0.4, 0.5) is 28.9 Å². The van der Waals surface area contributed by atoms with Crippen LogP contribution in [0.1, 0.15) is 6.42 Å². The minimum absolute atomic E-state index is 0.0221. The van der Waals surface area contributed by atoms with Gasteiger partial charge in [-0.15, -0.1) is 0 Å². The third-order valence-electron chi connectivity index (χ3n) is 4.74. The van der Waals surface area contributed by atoms with Crippen molar-refractivity contribution in [2.24, 2.45) is 0 Å². The number of carbonyl (C=O) groups is 1. The van der Waals surface area contributed by atoms with Gasteiger partial charge in [0.05, 0.1) is 17.3 Å². The Morgan fingerprint density at radius 3 is 2.48 bits per heavy atom. The zero-order valence-corrected chi connectivity index (χ0v) is 17.8. The van der Waals surface area contributed by atoms with E-state index in [9.17, 15) is 22.4 Å². The number of halogens is 5. The van der Waals surface area contributed by atoms with Crippen LogP contribution in [-0.2, 0) is 4.79 Å². The molecular formula is C20H19ClF4N4OS. The predicted octanol–water partition coefficient (Wildman–Crippen LogP) is 4.24. The Hall–Kier alpha value is -2.43. The van der Waals surface area contributed by atoms with Crippen LogP contribution < -0.4 is 10.6 Å². The summed E-state index contributed by atoms with van der Waals surface area (Å²) in [5.41, 5.74) is -0.323. The molecule has 0 aliphatic carbocycles. The predicted molar refractivity (Wildman–Crippen MR) is 115 cm³/mol. The van der Waals surface area contributed by atoms with Crippen LogP contribution in [0, 0.1) is 23.3 Å². The minimum Gasteiger partial charge on any atom is -0.348 e. The van der Waals surface area contributed by atoms with E-state index in [2.05, 4.69) is 10.6 Å². The number of hydrogen-bond acceptors (Lipinski definition) is 3. The summed E-state index contributed by atoms with van der Waals surface area (Å²) in [6, 6.07) is 7.15. The maximum Gasteiger partial charge on any atom is 0.238 e. The van der Waals surface area contributed by atoms with Crippen LogP contribution >= 0.6 is 23.8 Å². The summed E-state index contributed by atoms with van der Waals surface area (Å²) in [7, 11) is 0. The Balaban J connectivity index is 1.56. The second kappa shape index (κ2) is 10.3. The summed E-state index contributed by atoms with van der Waals surface area (Å²) < 4.78 is 54.3. The highest BCUT2D eigenvalue weighted by Gasteiger charge is 2.23. The number of nitrogens with one attached hydrogen (secondary N) is 2. The molecule has 0 radical (unpaired) electrons. The van der Waals surface area contributed by atoms with Gasteiger partial charge in [0, 0.05) is 32.2 Å². The molecule has 1 aliphatic rings. The highest BCUT2D eigenvalue weighted by Crippen LogP contribution is 2.24. The van der Waals surface area contributed by atoms with Gasteiger partial charge in [-0.2, -0.15) is 0 Å². The Bertz CT molecular complexity index is 994. The number of carbonyl (C=O) groups excluding carboxylic acids is 1. The van der Waals surface area contributed by atoms with E-state index in [1.165, 1.54) is 0 Å². The van der Waals surface area contributed by atoms with Crippen LogP contribution in [-0.4, -0.2) is 53.5 Å². The third-order valence-corrected chi connectivity index (χ3v) is 5.43. The van der Waals surface area contributed by atoms with Crippen molar-refractivity contribution in [3.8, 4) is 0 Å². The van der Waals surface area contributed by atoms with Crippen LogP contribution in [0.2, 0.25) is 5.02 Å². The minimum atomic E-state index is -1.78. The van der Waals surface area contributed by atoms with Crippen molar-refractivity contribution >= 4 is 46.2 Å². The van der Waals surface area contributed by atoms with Gasteiger partial charge in [0.1, 0.15) is 5.69 Å². The quantitative estimate of drug-likeness (QED) is 0.300. The zero-order valence-electron chi connectivity index (χ0n) is 16.2. The standard InChI is InChI=1S/C20H19ClF4N4OS/c21-12-4-1-2-5-15(12)26-16(30)11-28-6-3-7-29(9-8-28)20(31)27-19-14(23)10-13(22)17(24)18(19)25/h1-2,4-5,10H,3,6-9,11H2,(H,26,30)(H,27,31). The largest absolute Gasteiger partial charge is 0.348 e. The molecule has 1 fully saturated rings. The molecule has 1 aliphatic heterocycles. The fraction of sp³-hybridized carbons (Fsp3) is 0.300. The monoisotopic (exact) mass is 474 g/mol. The maximum atomic E-state index is 13.9. The highest BCUT2D eigenvalue weighted by atomic mass is 35.5. The lowest BCUT2D eigenvalue weighted by Crippen LogP contribution is -2.39. The number of rotatable bonds is 4. The van der Waals surface area contributed by atoms with E-state index in [1.807, 2.05) is 4.90 Å². The van der Waals surface area contributed by atoms with Crippen molar-refractivity contribution < 1.29 is 22.4 Å². The molecular weight excluding hydrogens is 456 g/mol. The third kappa shape index (κ3) is 5.84. The smallest absolute Gasteiger partial charge is 0.238 e. The summed E-state index contributed by atoms with van der Waals surface area (Å²) in [6.07, 6.45) is 0.629. The average molecular weight is 475 g/mol. The Kier molecular flexibility index (Phi) is 7.69. The van der Waals surface area contributed by atoms with E-state index in [1.54, 1.807) is 29.2 Å². The summed E-state index contributed by atoms with van der Waals surface area (Å²) >= 11 is 11.2. The molecule has 11 heteroatoms. The summed E-state index contributed by atoms with van der Waals surface area (Å²) in [6.45, 7) is 2.02. The number of anilines is 2. The fourth-order valence-electron chi connectivity index (χ4n) is 3.15. The lowest BCUT2D eigenvalue weighted by Gasteiger charge is -2.25. The molecule has 0 unspecified atom stereocenters. The van der Waals surface area contributed by atoms with E-state index in [0.717, 1.165) is 0 Å². The van der Waals surface area contributed by atoms with E-state index in [-0.39, 0.29) is 23.6 Å². The van der Waals surface area contributed by atoms with Gasteiger partial charge in [-0.1, -0.05) is 23.7 Å². The molecule has 0 bridgehead atoms. The topological polar surface area (TPSA) is 47.6 Å². The lowest BCUT2D eigenvalue weighted by molar-refractivity contribution is -0.117. The first kappa shape index (κ1) is 23.2. The van der Waals surface area contributed by atoms with Gasteiger partial charge in [-0.3, -0.25) is 9.69 Å². The molecule has 166 valence electrons. The van der Waals surface area contributed by atoms with Gasteiger partial charge >= 0.3 is 0 Å². The molecule has 0 aromatic heterocycles. The number of benzene rings is 2. The molecule has 3 rings (SSSR count). The molecule has 5 nitrogen and oxygen atoms in total. The van der Waals surface area contributed by atoms with Crippen molar-refractivity contribution in [2.45, 2.75) is 6.42 Å². The first-order chi connectivity index (χ1) is 14.8. The number of thiocarbonyl (C=S) groups is 1. The normalized spacial score (nSPS) is 14.8.